The Bertz CT molecular complexity index is 1110. The summed E-state index contributed by atoms with van der Waals surface area (Å²) in [6.07, 6.45) is 9.74. The molecule has 35 heavy (non-hydrogen) atoms. The van der Waals surface area contributed by atoms with Crippen LogP contribution in [0.15, 0.2) is 48.0 Å². The van der Waals surface area contributed by atoms with Crippen molar-refractivity contribution < 1.29 is 19.1 Å². The Labute approximate surface area is 212 Å². The summed E-state index contributed by atoms with van der Waals surface area (Å²) < 4.78 is 12.3. The molecule has 0 aromatic heterocycles. The van der Waals surface area contributed by atoms with E-state index in [2.05, 4.69) is 0 Å². The highest BCUT2D eigenvalue weighted by atomic mass is 35.5. The number of Topliss-reactive ketones (excluding diaryl/α,β-unsaturated/α-hetero) is 2. The highest BCUT2D eigenvalue weighted by molar-refractivity contribution is 6.31. The Morgan fingerprint density at radius 2 is 1.57 bits per heavy atom. The molecule has 0 spiro atoms. The first kappa shape index (κ1) is 24.1. The van der Waals surface area contributed by atoms with Crippen molar-refractivity contribution in [3.05, 3.63) is 64.2 Å². The number of carbonyl (C=O) groups excluding carboxylic acids is 2. The van der Waals surface area contributed by atoms with Gasteiger partial charge in [-0.1, -0.05) is 17.7 Å². The quantitative estimate of drug-likeness (QED) is 0.161. The largest absolute Gasteiger partial charge is 0.490 e. The number of allylic oxidation sites excluding steroid dienone is 1. The molecule has 2 aromatic carbocycles. The van der Waals surface area contributed by atoms with Crippen molar-refractivity contribution in [1.82, 2.24) is 0 Å². The third-order valence-corrected chi connectivity index (χ3v) is 8.26. The van der Waals surface area contributed by atoms with Crippen LogP contribution in [-0.2, 0) is 4.79 Å². The topological polar surface area (TPSA) is 52.6 Å². The Morgan fingerprint density at radius 3 is 2.14 bits per heavy atom. The third kappa shape index (κ3) is 5.18. The molecular formula is C30H33ClO4. The number of hydrogen-bond acceptors (Lipinski definition) is 4. The minimum absolute atomic E-state index is 0.122. The van der Waals surface area contributed by atoms with Gasteiger partial charge in [0.15, 0.2) is 23.1 Å². The first-order valence-corrected chi connectivity index (χ1v) is 13.1. The van der Waals surface area contributed by atoms with Crippen molar-refractivity contribution in [2.75, 3.05) is 13.2 Å². The van der Waals surface area contributed by atoms with E-state index in [4.69, 9.17) is 21.1 Å². The normalized spacial score (nSPS) is 27.1. The Balaban J connectivity index is 1.36. The molecule has 2 aromatic rings. The van der Waals surface area contributed by atoms with Crippen molar-refractivity contribution in [1.29, 1.82) is 0 Å². The number of carbonyl (C=O) groups is 2. The van der Waals surface area contributed by atoms with Gasteiger partial charge >= 0.3 is 0 Å². The number of ketones is 2. The number of halogens is 1. The van der Waals surface area contributed by atoms with Gasteiger partial charge in [0.25, 0.3) is 0 Å². The van der Waals surface area contributed by atoms with Crippen molar-refractivity contribution in [2.45, 2.75) is 52.4 Å². The lowest BCUT2D eigenvalue weighted by molar-refractivity contribution is -0.113. The molecule has 4 bridgehead atoms. The fourth-order valence-electron chi connectivity index (χ4n) is 6.95. The van der Waals surface area contributed by atoms with E-state index in [0.717, 1.165) is 35.7 Å². The maximum absolute atomic E-state index is 13.0. The first-order valence-electron chi connectivity index (χ1n) is 12.8. The van der Waals surface area contributed by atoms with Crippen LogP contribution in [0.5, 0.6) is 11.5 Å². The lowest BCUT2D eigenvalue weighted by Gasteiger charge is -2.56. The molecule has 0 saturated heterocycles. The van der Waals surface area contributed by atoms with Crippen LogP contribution in [0.3, 0.4) is 0 Å². The summed E-state index contributed by atoms with van der Waals surface area (Å²) in [5, 5.41) is 0.542. The number of ether oxygens (including phenoxy) is 2. The molecule has 4 aliphatic carbocycles. The van der Waals surface area contributed by atoms with E-state index in [-0.39, 0.29) is 17.1 Å². The van der Waals surface area contributed by atoms with Gasteiger partial charge in [0.1, 0.15) is 0 Å². The molecule has 0 unspecified atom stereocenters. The number of rotatable bonds is 9. The molecule has 0 heterocycles. The average Bonchev–Trinajstić information content (AvgIpc) is 2.81. The van der Waals surface area contributed by atoms with E-state index in [1.165, 1.54) is 45.4 Å². The highest BCUT2D eigenvalue weighted by Gasteiger charge is 2.51. The van der Waals surface area contributed by atoms with Crippen molar-refractivity contribution in [3.8, 4) is 11.5 Å². The molecule has 0 N–H and O–H groups in total. The van der Waals surface area contributed by atoms with Crippen molar-refractivity contribution >= 4 is 29.2 Å². The standard InChI is InChI=1S/C30H33ClO4/c1-3-34-28-14-20(13-26(19(2)32)29(33)24-5-7-25(31)8-6-24)4-9-27(28)35-18-30-15-21-10-22(16-30)12-23(11-21)17-30/h4-9,13-14,21-23H,3,10-12,15-18H2,1-2H3. The summed E-state index contributed by atoms with van der Waals surface area (Å²) >= 11 is 5.94. The molecule has 0 aliphatic heterocycles. The fourth-order valence-corrected chi connectivity index (χ4v) is 7.08. The summed E-state index contributed by atoms with van der Waals surface area (Å²) in [5.41, 5.74) is 1.58. The Morgan fingerprint density at radius 1 is 0.943 bits per heavy atom. The second kappa shape index (κ2) is 9.81. The predicted molar refractivity (Wildman–Crippen MR) is 138 cm³/mol. The summed E-state index contributed by atoms with van der Waals surface area (Å²) in [5.74, 6) is 3.41. The molecule has 4 aliphatic rings. The second-order valence-electron chi connectivity index (χ2n) is 10.8. The van der Waals surface area contributed by atoms with Gasteiger partial charge in [0.2, 0.25) is 0 Å². The van der Waals surface area contributed by atoms with E-state index in [1.54, 1.807) is 30.3 Å². The van der Waals surface area contributed by atoms with Crippen LogP contribution in [0.25, 0.3) is 6.08 Å². The molecule has 4 fully saturated rings. The first-order chi connectivity index (χ1) is 16.8. The number of benzene rings is 2. The molecule has 4 nitrogen and oxygen atoms in total. The van der Waals surface area contributed by atoms with Gasteiger partial charge in [-0.2, -0.15) is 0 Å². The molecular weight excluding hydrogens is 460 g/mol. The monoisotopic (exact) mass is 492 g/mol. The summed E-state index contributed by atoms with van der Waals surface area (Å²) in [6.45, 7) is 4.59. The average molecular weight is 493 g/mol. The Kier molecular flexibility index (Phi) is 6.76. The zero-order chi connectivity index (χ0) is 24.6. The molecule has 0 amide bonds. The van der Waals surface area contributed by atoms with E-state index < -0.39 is 0 Å². The van der Waals surface area contributed by atoms with Crippen LogP contribution >= 0.6 is 11.6 Å². The molecule has 6 rings (SSSR count). The van der Waals surface area contributed by atoms with Crippen LogP contribution in [0.2, 0.25) is 5.02 Å². The van der Waals surface area contributed by atoms with E-state index >= 15 is 0 Å². The van der Waals surface area contributed by atoms with Gasteiger partial charge in [-0.25, -0.2) is 0 Å². The van der Waals surface area contributed by atoms with Crippen molar-refractivity contribution in [2.24, 2.45) is 23.2 Å². The van der Waals surface area contributed by atoms with Crippen LogP contribution < -0.4 is 9.47 Å². The van der Waals surface area contributed by atoms with Gasteiger partial charge in [-0.15, -0.1) is 0 Å². The molecule has 0 radical (unpaired) electrons. The van der Waals surface area contributed by atoms with E-state index in [1.807, 2.05) is 25.1 Å². The minimum atomic E-state index is -0.325. The zero-order valence-electron chi connectivity index (χ0n) is 20.5. The summed E-state index contributed by atoms with van der Waals surface area (Å²) in [4.78, 5) is 25.3. The predicted octanol–water partition coefficient (Wildman–Crippen LogP) is 7.19. The maximum Gasteiger partial charge on any atom is 0.196 e. The lowest BCUT2D eigenvalue weighted by atomic mass is 9.50. The highest BCUT2D eigenvalue weighted by Crippen LogP contribution is 2.60. The van der Waals surface area contributed by atoms with Crippen LogP contribution in [0.4, 0.5) is 0 Å². The zero-order valence-corrected chi connectivity index (χ0v) is 21.3. The van der Waals surface area contributed by atoms with Gasteiger partial charge in [-0.3, -0.25) is 9.59 Å². The van der Waals surface area contributed by atoms with Gasteiger partial charge in [-0.05, 0) is 118 Å². The lowest BCUT2D eigenvalue weighted by Crippen LogP contribution is -2.48. The summed E-state index contributed by atoms with van der Waals surface area (Å²) in [7, 11) is 0. The van der Waals surface area contributed by atoms with Crippen LogP contribution in [-0.4, -0.2) is 24.8 Å². The smallest absolute Gasteiger partial charge is 0.196 e. The van der Waals surface area contributed by atoms with Crippen LogP contribution in [0, 0.1) is 23.2 Å². The molecule has 4 saturated carbocycles. The number of hydrogen-bond donors (Lipinski definition) is 0. The van der Waals surface area contributed by atoms with Gasteiger partial charge in [0, 0.05) is 16.0 Å². The second-order valence-corrected chi connectivity index (χ2v) is 11.2. The molecule has 184 valence electrons. The Hall–Kier alpha value is -2.59. The third-order valence-electron chi connectivity index (χ3n) is 8.01. The SMILES string of the molecule is CCOc1cc(C=C(C(C)=O)C(=O)c2ccc(Cl)cc2)ccc1OCC12CC3CC(CC(C3)C1)C2. The molecule has 5 heteroatoms. The van der Waals surface area contributed by atoms with E-state index in [0.29, 0.717) is 28.4 Å². The molecule has 0 atom stereocenters. The summed E-state index contributed by atoms with van der Waals surface area (Å²) in [6, 6.07) is 12.2. The van der Waals surface area contributed by atoms with Gasteiger partial charge in [0.05, 0.1) is 18.8 Å². The van der Waals surface area contributed by atoms with E-state index in [9.17, 15) is 9.59 Å². The maximum atomic E-state index is 13.0. The van der Waals surface area contributed by atoms with Crippen molar-refractivity contribution in [3.63, 3.8) is 0 Å². The van der Waals surface area contributed by atoms with Crippen LogP contribution in [0.1, 0.15) is 68.3 Å². The minimum Gasteiger partial charge on any atom is -0.490 e. The fraction of sp³-hybridized carbons (Fsp3) is 0.467. The van der Waals surface area contributed by atoms with Gasteiger partial charge < -0.3 is 9.47 Å².